The number of rotatable bonds is 2. The van der Waals surface area contributed by atoms with Gasteiger partial charge in [-0.2, -0.15) is 0 Å². The lowest BCUT2D eigenvalue weighted by Crippen LogP contribution is -2.31. The number of halogens is 6. The van der Waals surface area contributed by atoms with Crippen molar-refractivity contribution in [3.05, 3.63) is 53.1 Å². The van der Waals surface area contributed by atoms with Gasteiger partial charge in [-0.25, -0.2) is 26.3 Å². The zero-order valence-corrected chi connectivity index (χ0v) is 12.5. The maximum atomic E-state index is 14.4. The molecule has 1 heterocycles. The van der Waals surface area contributed by atoms with E-state index in [0.29, 0.717) is 12.8 Å². The van der Waals surface area contributed by atoms with Gasteiger partial charge in [-0.05, 0) is 25.3 Å². The molecule has 0 spiro atoms. The van der Waals surface area contributed by atoms with E-state index in [1.807, 2.05) is 0 Å². The minimum atomic E-state index is -2.05. The summed E-state index contributed by atoms with van der Waals surface area (Å²) in [5, 5.41) is 0. The molecule has 1 fully saturated rings. The molecule has 0 amide bonds. The predicted octanol–water partition coefficient (Wildman–Crippen LogP) is 5.18. The average Bonchev–Trinajstić information content (AvgIpc) is 2.59. The van der Waals surface area contributed by atoms with Crippen LogP contribution in [0.1, 0.15) is 19.3 Å². The van der Waals surface area contributed by atoms with E-state index >= 15 is 0 Å². The van der Waals surface area contributed by atoms with E-state index < -0.39 is 51.7 Å². The number of nitrogens with zero attached hydrogens (tertiary/aromatic N) is 1. The van der Waals surface area contributed by atoms with E-state index in [9.17, 15) is 26.3 Å². The summed E-state index contributed by atoms with van der Waals surface area (Å²) < 4.78 is 83.7. The molecule has 1 nitrogen and oxygen atoms in total. The zero-order chi connectivity index (χ0) is 17.4. The van der Waals surface area contributed by atoms with Crippen LogP contribution in [-0.4, -0.2) is 13.1 Å². The summed E-state index contributed by atoms with van der Waals surface area (Å²) in [5.74, 6) is -10.1. The summed E-state index contributed by atoms with van der Waals surface area (Å²) in [4.78, 5) is 1.34. The second-order valence-corrected chi connectivity index (χ2v) is 5.63. The van der Waals surface area contributed by atoms with Crippen molar-refractivity contribution in [2.45, 2.75) is 19.3 Å². The highest BCUT2D eigenvalue weighted by molar-refractivity contribution is 5.80. The van der Waals surface area contributed by atoms with Crippen LogP contribution < -0.4 is 4.90 Å². The van der Waals surface area contributed by atoms with Gasteiger partial charge in [0.1, 0.15) is 0 Å². The molecule has 0 radical (unpaired) electrons. The van der Waals surface area contributed by atoms with E-state index in [-0.39, 0.29) is 13.1 Å². The molecule has 24 heavy (non-hydrogen) atoms. The first kappa shape index (κ1) is 16.7. The van der Waals surface area contributed by atoms with Crippen LogP contribution in [0.2, 0.25) is 0 Å². The van der Waals surface area contributed by atoms with Crippen LogP contribution in [0, 0.1) is 34.9 Å². The van der Waals surface area contributed by atoms with Crippen molar-refractivity contribution in [2.75, 3.05) is 18.0 Å². The fourth-order valence-electron chi connectivity index (χ4n) is 2.98. The lowest BCUT2D eigenvalue weighted by atomic mass is 9.98. The van der Waals surface area contributed by atoms with Gasteiger partial charge in [0.15, 0.2) is 34.9 Å². The molecule has 128 valence electrons. The van der Waals surface area contributed by atoms with E-state index in [4.69, 9.17) is 0 Å². The highest BCUT2D eigenvalue weighted by atomic mass is 19.2. The van der Waals surface area contributed by atoms with E-state index in [0.717, 1.165) is 24.6 Å². The third-order valence-electron chi connectivity index (χ3n) is 4.14. The number of hydrogen-bond donors (Lipinski definition) is 0. The molecule has 1 aliphatic rings. The predicted molar refractivity (Wildman–Crippen MR) is 77.7 cm³/mol. The smallest absolute Gasteiger partial charge is 0.199 e. The second kappa shape index (κ2) is 6.37. The SMILES string of the molecule is Fc1cccc(-c2c(F)c(F)c(F)c(F)c2N2CCCCC2)c1F. The lowest BCUT2D eigenvalue weighted by Gasteiger charge is -2.31. The summed E-state index contributed by atoms with van der Waals surface area (Å²) >= 11 is 0. The number of piperidine rings is 1. The summed E-state index contributed by atoms with van der Waals surface area (Å²) in [7, 11) is 0. The third-order valence-corrected chi connectivity index (χ3v) is 4.14. The fraction of sp³-hybridized carbons (Fsp3) is 0.294. The lowest BCUT2D eigenvalue weighted by molar-refractivity contribution is 0.408. The molecule has 0 N–H and O–H groups in total. The van der Waals surface area contributed by atoms with Crippen LogP contribution in [0.5, 0.6) is 0 Å². The Balaban J connectivity index is 2.32. The second-order valence-electron chi connectivity index (χ2n) is 5.63. The molecular formula is C17H13F6N. The Labute approximate surface area is 134 Å². The van der Waals surface area contributed by atoms with Gasteiger partial charge in [-0.3, -0.25) is 0 Å². The minimum absolute atomic E-state index is 0.283. The molecule has 3 rings (SSSR count). The van der Waals surface area contributed by atoms with Crippen LogP contribution in [0.25, 0.3) is 11.1 Å². The van der Waals surface area contributed by atoms with Gasteiger partial charge < -0.3 is 4.90 Å². The zero-order valence-electron chi connectivity index (χ0n) is 12.5. The molecule has 7 heteroatoms. The molecular weight excluding hydrogens is 332 g/mol. The summed E-state index contributed by atoms with van der Waals surface area (Å²) in [6.07, 6.45) is 2.14. The topological polar surface area (TPSA) is 3.24 Å². The van der Waals surface area contributed by atoms with Crippen molar-refractivity contribution in [3.8, 4) is 11.1 Å². The Kier molecular flexibility index (Phi) is 4.43. The van der Waals surface area contributed by atoms with Crippen LogP contribution >= 0.6 is 0 Å². The molecule has 0 unspecified atom stereocenters. The van der Waals surface area contributed by atoms with Gasteiger partial charge in [0.25, 0.3) is 0 Å². The Bertz CT molecular complexity index is 783. The van der Waals surface area contributed by atoms with Crippen LogP contribution in [-0.2, 0) is 0 Å². The Morgan fingerprint density at radius 1 is 0.667 bits per heavy atom. The summed E-state index contributed by atoms with van der Waals surface area (Å²) in [6, 6.07) is 2.89. The van der Waals surface area contributed by atoms with Crippen molar-refractivity contribution in [1.29, 1.82) is 0 Å². The molecule has 0 bridgehead atoms. The van der Waals surface area contributed by atoms with E-state index in [2.05, 4.69) is 0 Å². The summed E-state index contributed by atoms with van der Waals surface area (Å²) in [6.45, 7) is 0.566. The Morgan fingerprint density at radius 2 is 1.29 bits per heavy atom. The van der Waals surface area contributed by atoms with Gasteiger partial charge in [-0.1, -0.05) is 12.1 Å². The van der Waals surface area contributed by atoms with Gasteiger partial charge in [-0.15, -0.1) is 0 Å². The Hall–Kier alpha value is -2.18. The van der Waals surface area contributed by atoms with Gasteiger partial charge in [0.05, 0.1) is 11.3 Å². The molecule has 1 aliphatic heterocycles. The van der Waals surface area contributed by atoms with Gasteiger partial charge in [0, 0.05) is 18.7 Å². The molecule has 0 saturated carbocycles. The largest absolute Gasteiger partial charge is 0.368 e. The molecule has 2 aromatic rings. The van der Waals surface area contributed by atoms with Gasteiger partial charge >= 0.3 is 0 Å². The Morgan fingerprint density at radius 3 is 1.96 bits per heavy atom. The highest BCUT2D eigenvalue weighted by Gasteiger charge is 2.31. The van der Waals surface area contributed by atoms with E-state index in [1.165, 1.54) is 4.90 Å². The van der Waals surface area contributed by atoms with Crippen molar-refractivity contribution in [3.63, 3.8) is 0 Å². The normalized spacial score (nSPS) is 15.0. The van der Waals surface area contributed by atoms with Crippen LogP contribution in [0.15, 0.2) is 18.2 Å². The maximum Gasteiger partial charge on any atom is 0.199 e. The van der Waals surface area contributed by atoms with Crippen LogP contribution in [0.3, 0.4) is 0 Å². The van der Waals surface area contributed by atoms with Crippen molar-refractivity contribution >= 4 is 5.69 Å². The molecule has 1 saturated heterocycles. The van der Waals surface area contributed by atoms with E-state index in [1.54, 1.807) is 0 Å². The molecule has 0 aliphatic carbocycles. The number of hydrogen-bond acceptors (Lipinski definition) is 1. The fourth-order valence-corrected chi connectivity index (χ4v) is 2.98. The highest BCUT2D eigenvalue weighted by Crippen LogP contribution is 2.41. The number of benzene rings is 2. The first-order chi connectivity index (χ1) is 11.4. The van der Waals surface area contributed by atoms with Crippen LogP contribution in [0.4, 0.5) is 32.0 Å². The average molecular weight is 345 g/mol. The third kappa shape index (κ3) is 2.61. The van der Waals surface area contributed by atoms with Crippen molar-refractivity contribution < 1.29 is 26.3 Å². The first-order valence-electron chi connectivity index (χ1n) is 7.48. The maximum absolute atomic E-state index is 14.4. The van der Waals surface area contributed by atoms with Gasteiger partial charge in [0.2, 0.25) is 0 Å². The number of anilines is 1. The minimum Gasteiger partial charge on any atom is -0.368 e. The summed E-state index contributed by atoms with van der Waals surface area (Å²) in [5.41, 5.74) is -2.02. The monoisotopic (exact) mass is 345 g/mol. The first-order valence-corrected chi connectivity index (χ1v) is 7.48. The standard InChI is InChI=1S/C17H13F6N/c18-10-6-4-5-9(12(10)19)11-13(20)14(21)15(22)16(23)17(11)24-7-2-1-3-8-24/h4-6H,1-3,7-8H2. The molecule has 0 aromatic heterocycles. The quantitative estimate of drug-likeness (QED) is 0.412. The molecule has 2 aromatic carbocycles. The van der Waals surface area contributed by atoms with Crippen molar-refractivity contribution in [1.82, 2.24) is 0 Å². The van der Waals surface area contributed by atoms with Crippen molar-refractivity contribution in [2.24, 2.45) is 0 Å². The molecule has 0 atom stereocenters.